The molecule has 7 heteroatoms. The van der Waals surface area contributed by atoms with E-state index >= 15 is 0 Å². The number of rotatable bonds is 7. The summed E-state index contributed by atoms with van der Waals surface area (Å²) < 4.78 is 16.8. The fraction of sp³-hybridized carbons (Fsp3) is 1.00. The van der Waals surface area contributed by atoms with Crippen molar-refractivity contribution in [3.05, 3.63) is 0 Å². The van der Waals surface area contributed by atoms with Crippen LogP contribution < -0.4 is 0 Å². The van der Waals surface area contributed by atoms with Gasteiger partial charge < -0.3 is 19.5 Å². The maximum absolute atomic E-state index is 11.3. The van der Waals surface area contributed by atoms with Gasteiger partial charge in [-0.25, -0.2) is 0 Å². The zero-order valence-corrected chi connectivity index (χ0v) is 12.2. The average molecular weight is 266 g/mol. The average Bonchev–Trinajstić information content (AvgIpc) is 2.18. The first kappa shape index (κ1) is 17.1. The minimum atomic E-state index is -4.33. The van der Waals surface area contributed by atoms with Crippen LogP contribution >= 0.6 is 7.60 Å². The highest BCUT2D eigenvalue weighted by molar-refractivity contribution is 7.53. The van der Waals surface area contributed by atoms with Crippen molar-refractivity contribution >= 4 is 15.1 Å². The molecule has 0 radical (unpaired) electrons. The zero-order valence-electron chi connectivity index (χ0n) is 11.3. The van der Waals surface area contributed by atoms with E-state index in [1.165, 1.54) is 13.8 Å². The monoisotopic (exact) mass is 266 g/mol. The second-order valence-electron chi connectivity index (χ2n) is 4.98. The Balaban J connectivity index is 4.96. The molecule has 0 aromatic heterocycles. The van der Waals surface area contributed by atoms with Crippen molar-refractivity contribution in [2.75, 3.05) is 0 Å². The Hall–Kier alpha value is 0.135. The largest absolute Gasteiger partial charge is 0.453 e. The Labute approximate surface area is 104 Å². The summed E-state index contributed by atoms with van der Waals surface area (Å²) in [5, 5.41) is 7.49. The summed E-state index contributed by atoms with van der Waals surface area (Å²) in [6, 6.07) is 0. The van der Waals surface area contributed by atoms with Crippen LogP contribution in [-0.2, 0) is 9.30 Å². The van der Waals surface area contributed by atoms with E-state index in [2.05, 4.69) is 0 Å². The Bertz CT molecular complexity index is 276. The molecule has 0 aromatic carbocycles. The normalized spacial score (nSPS) is 15.8. The molecular formula is C10H24BO5P. The lowest BCUT2D eigenvalue weighted by molar-refractivity contribution is -0.0507. The van der Waals surface area contributed by atoms with Gasteiger partial charge in [0.1, 0.15) is 0 Å². The molecule has 0 amide bonds. The Morgan fingerprint density at radius 1 is 1.29 bits per heavy atom. The first-order valence-electron chi connectivity index (χ1n) is 5.90. The summed E-state index contributed by atoms with van der Waals surface area (Å²) in [6.45, 7) is 8.37. The second kappa shape index (κ2) is 5.85. The third-order valence-electron chi connectivity index (χ3n) is 3.75. The Kier molecular flexibility index (Phi) is 5.90. The predicted molar refractivity (Wildman–Crippen MR) is 69.3 cm³/mol. The quantitative estimate of drug-likeness (QED) is 0.481. The fourth-order valence-corrected chi connectivity index (χ4v) is 2.10. The van der Waals surface area contributed by atoms with E-state index in [1.807, 2.05) is 13.8 Å². The molecule has 1 unspecified atom stereocenters. The van der Waals surface area contributed by atoms with Gasteiger partial charge in [0.05, 0.1) is 6.10 Å². The molecule has 0 bridgehead atoms. The van der Waals surface area contributed by atoms with E-state index < -0.39 is 24.4 Å². The molecule has 0 saturated carbocycles. The van der Waals surface area contributed by atoms with Gasteiger partial charge in [-0.15, -0.1) is 0 Å². The minimum Gasteiger partial charge on any atom is -0.453 e. The van der Waals surface area contributed by atoms with Crippen molar-refractivity contribution in [1.82, 2.24) is 0 Å². The smallest absolute Gasteiger partial charge is 0.356 e. The summed E-state index contributed by atoms with van der Waals surface area (Å²) >= 11 is 0. The standard InChI is InChI=1S/C10H24BO5P/c1-6-10(7-2,11-12)8(3)16-9(4,5)17(13,14)15/h8,11-12H,6-7H2,1-5H3,(H2,13,14,15). The van der Waals surface area contributed by atoms with Crippen LogP contribution in [0.1, 0.15) is 47.5 Å². The lowest BCUT2D eigenvalue weighted by Gasteiger charge is -2.40. The predicted octanol–water partition coefficient (Wildman–Crippen LogP) is 1.63. The molecule has 0 rings (SSSR count). The highest BCUT2D eigenvalue weighted by Gasteiger charge is 2.44. The molecule has 17 heavy (non-hydrogen) atoms. The lowest BCUT2D eigenvalue weighted by atomic mass is 9.57. The fourth-order valence-electron chi connectivity index (χ4n) is 1.80. The second-order valence-corrected chi connectivity index (χ2v) is 7.14. The molecule has 0 spiro atoms. The number of ether oxygens (including phenoxy) is 1. The van der Waals surface area contributed by atoms with Gasteiger partial charge in [0.2, 0.25) is 0 Å². The first-order valence-corrected chi connectivity index (χ1v) is 7.52. The summed E-state index contributed by atoms with van der Waals surface area (Å²) in [5.74, 6) is 0. The van der Waals surface area contributed by atoms with Crippen LogP contribution in [0, 0.1) is 0 Å². The molecule has 0 aliphatic rings. The number of hydrogen-bond donors (Lipinski definition) is 3. The SMILES string of the molecule is CCC(BO)(CC)C(C)OC(C)(C)P(=O)(O)O. The van der Waals surface area contributed by atoms with Gasteiger partial charge in [0, 0.05) is 0 Å². The van der Waals surface area contributed by atoms with Crippen molar-refractivity contribution in [2.45, 2.75) is 64.2 Å². The van der Waals surface area contributed by atoms with E-state index in [4.69, 9.17) is 4.74 Å². The van der Waals surface area contributed by atoms with E-state index in [0.29, 0.717) is 12.8 Å². The van der Waals surface area contributed by atoms with Crippen molar-refractivity contribution in [3.63, 3.8) is 0 Å². The van der Waals surface area contributed by atoms with Crippen LogP contribution in [0.5, 0.6) is 0 Å². The van der Waals surface area contributed by atoms with Crippen LogP contribution in [0.2, 0.25) is 5.31 Å². The van der Waals surface area contributed by atoms with Crippen molar-refractivity contribution in [2.24, 2.45) is 0 Å². The van der Waals surface area contributed by atoms with Gasteiger partial charge in [0.15, 0.2) is 5.34 Å². The van der Waals surface area contributed by atoms with Crippen molar-refractivity contribution < 1.29 is 24.1 Å². The molecule has 102 valence electrons. The molecule has 0 saturated heterocycles. The summed E-state index contributed by atoms with van der Waals surface area (Å²) in [4.78, 5) is 18.4. The highest BCUT2D eigenvalue weighted by atomic mass is 31.2. The van der Waals surface area contributed by atoms with Crippen LogP contribution in [0.25, 0.3) is 0 Å². The molecule has 0 heterocycles. The van der Waals surface area contributed by atoms with E-state index in [9.17, 15) is 19.4 Å². The van der Waals surface area contributed by atoms with E-state index in [0.717, 1.165) is 0 Å². The zero-order chi connectivity index (χ0) is 13.9. The van der Waals surface area contributed by atoms with Crippen molar-refractivity contribution in [3.8, 4) is 0 Å². The van der Waals surface area contributed by atoms with Gasteiger partial charge in [-0.3, -0.25) is 4.57 Å². The van der Waals surface area contributed by atoms with E-state index in [1.54, 1.807) is 6.92 Å². The van der Waals surface area contributed by atoms with Gasteiger partial charge in [-0.2, -0.15) is 0 Å². The maximum atomic E-state index is 11.3. The molecule has 1 atom stereocenters. The topological polar surface area (TPSA) is 87.0 Å². The Morgan fingerprint density at radius 2 is 1.71 bits per heavy atom. The van der Waals surface area contributed by atoms with Gasteiger partial charge in [0.25, 0.3) is 7.48 Å². The third kappa shape index (κ3) is 3.80. The Morgan fingerprint density at radius 3 is 1.94 bits per heavy atom. The maximum Gasteiger partial charge on any atom is 0.356 e. The summed E-state index contributed by atoms with van der Waals surface area (Å²) in [7, 11) is -4.38. The van der Waals surface area contributed by atoms with Crippen LogP contribution in [0.15, 0.2) is 0 Å². The first-order chi connectivity index (χ1) is 7.56. The van der Waals surface area contributed by atoms with Gasteiger partial charge in [-0.05, 0) is 26.1 Å². The number of hydrogen-bond acceptors (Lipinski definition) is 3. The molecule has 0 fully saturated rings. The summed E-state index contributed by atoms with van der Waals surface area (Å²) in [5.41, 5.74) is 0. The van der Waals surface area contributed by atoms with Crippen molar-refractivity contribution in [1.29, 1.82) is 0 Å². The molecule has 0 aliphatic heterocycles. The molecule has 5 nitrogen and oxygen atoms in total. The van der Waals surface area contributed by atoms with Crippen LogP contribution in [0.3, 0.4) is 0 Å². The summed E-state index contributed by atoms with van der Waals surface area (Å²) in [6.07, 6.45) is 0.960. The van der Waals surface area contributed by atoms with E-state index in [-0.39, 0.29) is 7.48 Å². The van der Waals surface area contributed by atoms with Crippen LogP contribution in [0.4, 0.5) is 0 Å². The van der Waals surface area contributed by atoms with Gasteiger partial charge >= 0.3 is 7.60 Å². The lowest BCUT2D eigenvalue weighted by Crippen LogP contribution is -2.39. The minimum absolute atomic E-state index is 0.0571. The highest BCUT2D eigenvalue weighted by Crippen LogP contribution is 2.53. The van der Waals surface area contributed by atoms with Gasteiger partial charge in [-0.1, -0.05) is 26.7 Å². The molecule has 0 aliphatic carbocycles. The van der Waals surface area contributed by atoms with Crippen LogP contribution in [-0.4, -0.2) is 33.7 Å². The molecular weight excluding hydrogens is 242 g/mol. The third-order valence-corrected chi connectivity index (χ3v) is 5.26. The molecule has 0 aromatic rings. The molecule has 3 N–H and O–H groups in total.